The van der Waals surface area contributed by atoms with Gasteiger partial charge in [0.2, 0.25) is 0 Å². The van der Waals surface area contributed by atoms with Crippen LogP contribution in [0.4, 0.5) is 0 Å². The molecule has 0 saturated carbocycles. The van der Waals surface area contributed by atoms with E-state index >= 15 is 0 Å². The first kappa shape index (κ1) is 29.6. The van der Waals surface area contributed by atoms with Crippen LogP contribution in [0.2, 0.25) is 0 Å². The van der Waals surface area contributed by atoms with Gasteiger partial charge in [0.1, 0.15) is 0 Å². The minimum absolute atomic E-state index is 0.560. The number of benzene rings is 3. The van der Waals surface area contributed by atoms with Gasteiger partial charge in [0, 0.05) is 0 Å². The van der Waals surface area contributed by atoms with Crippen LogP contribution in [0.25, 0.3) is 0 Å². The van der Waals surface area contributed by atoms with Gasteiger partial charge >= 0.3 is 0 Å². The summed E-state index contributed by atoms with van der Waals surface area (Å²) in [4.78, 5) is 0. The number of aryl methyl sites for hydroxylation is 3. The molecule has 0 radical (unpaired) electrons. The Bertz CT molecular complexity index is 888. The van der Waals surface area contributed by atoms with Gasteiger partial charge in [-0.15, -0.1) is 0 Å². The Kier molecular flexibility index (Phi) is 14.1. The van der Waals surface area contributed by atoms with Crippen LogP contribution in [0.3, 0.4) is 0 Å². The zero-order chi connectivity index (χ0) is 26.1. The highest BCUT2D eigenvalue weighted by Gasteiger charge is 2.18. The molecule has 0 saturated heterocycles. The van der Waals surface area contributed by atoms with Crippen LogP contribution in [0.15, 0.2) is 72.8 Å². The molecule has 0 fully saturated rings. The second-order valence-corrected chi connectivity index (χ2v) is 13.0. The normalized spacial score (nSPS) is 11.4. The molecule has 0 spiro atoms. The summed E-state index contributed by atoms with van der Waals surface area (Å²) in [5, 5.41) is 4.53. The van der Waals surface area contributed by atoms with Crippen LogP contribution in [-0.4, -0.2) is 0 Å². The molecule has 200 valence electrons. The van der Waals surface area contributed by atoms with E-state index in [2.05, 4.69) is 93.6 Å². The van der Waals surface area contributed by atoms with Crippen molar-refractivity contribution in [2.45, 2.75) is 117 Å². The first-order valence-corrected chi connectivity index (χ1v) is 16.7. The molecule has 0 amide bonds. The highest BCUT2D eigenvalue weighted by molar-refractivity contribution is 7.79. The summed E-state index contributed by atoms with van der Waals surface area (Å²) in [6, 6.07) is 28.7. The number of hydrogen-bond acceptors (Lipinski definition) is 0. The van der Waals surface area contributed by atoms with Crippen molar-refractivity contribution in [1.29, 1.82) is 0 Å². The monoisotopic (exact) mass is 514 g/mol. The predicted molar refractivity (Wildman–Crippen MR) is 169 cm³/mol. The van der Waals surface area contributed by atoms with Crippen LogP contribution >= 0.6 is 7.92 Å². The molecular weight excluding hydrogens is 463 g/mol. The van der Waals surface area contributed by atoms with Gasteiger partial charge in [-0.2, -0.15) is 0 Å². The van der Waals surface area contributed by atoms with Crippen molar-refractivity contribution in [2.75, 3.05) is 0 Å². The predicted octanol–water partition coefficient (Wildman–Crippen LogP) is 9.81. The van der Waals surface area contributed by atoms with Crippen molar-refractivity contribution in [3.63, 3.8) is 0 Å². The van der Waals surface area contributed by atoms with Crippen molar-refractivity contribution in [1.82, 2.24) is 0 Å². The third-order valence-corrected chi connectivity index (χ3v) is 9.85. The lowest BCUT2D eigenvalue weighted by atomic mass is 10.1. The Morgan fingerprint density at radius 1 is 0.405 bits per heavy atom. The summed E-state index contributed by atoms with van der Waals surface area (Å²) < 4.78 is 0. The second-order valence-electron chi connectivity index (χ2n) is 10.8. The summed E-state index contributed by atoms with van der Waals surface area (Å²) in [5.41, 5.74) is 4.52. The van der Waals surface area contributed by atoms with Crippen LogP contribution in [0.1, 0.15) is 115 Å². The Balaban J connectivity index is 1.89. The maximum absolute atomic E-state index is 2.53. The highest BCUT2D eigenvalue weighted by Crippen LogP contribution is 2.34. The van der Waals surface area contributed by atoms with E-state index in [1.807, 2.05) is 0 Å². The Morgan fingerprint density at radius 3 is 1.03 bits per heavy atom. The van der Waals surface area contributed by atoms with Gasteiger partial charge in [-0.1, -0.05) is 151 Å². The molecule has 0 aliphatic heterocycles. The van der Waals surface area contributed by atoms with E-state index in [1.54, 1.807) is 0 Å². The fourth-order valence-corrected chi connectivity index (χ4v) is 7.75. The van der Waals surface area contributed by atoms with Crippen LogP contribution < -0.4 is 15.9 Å². The molecule has 0 heterocycles. The first-order chi connectivity index (χ1) is 18.2. The van der Waals surface area contributed by atoms with E-state index in [0.717, 1.165) is 0 Å². The summed E-state index contributed by atoms with van der Waals surface area (Å²) in [7, 11) is -0.560. The molecule has 3 aromatic rings. The molecule has 0 nitrogen and oxygen atoms in total. The second kappa shape index (κ2) is 17.6. The number of rotatable bonds is 18. The van der Waals surface area contributed by atoms with Crippen LogP contribution in [0, 0.1) is 0 Å². The third-order valence-electron chi connectivity index (χ3n) is 7.46. The summed E-state index contributed by atoms with van der Waals surface area (Å²) in [5.74, 6) is 0. The molecule has 0 N–H and O–H groups in total. The quantitative estimate of drug-likeness (QED) is 0.117. The molecule has 0 unspecified atom stereocenters. The fourth-order valence-electron chi connectivity index (χ4n) is 5.27. The van der Waals surface area contributed by atoms with E-state index in [9.17, 15) is 0 Å². The Labute approximate surface area is 230 Å². The van der Waals surface area contributed by atoms with Gasteiger partial charge in [0.15, 0.2) is 0 Å². The molecule has 0 aliphatic carbocycles. The molecule has 3 aromatic carbocycles. The van der Waals surface area contributed by atoms with Gasteiger partial charge in [-0.3, -0.25) is 0 Å². The maximum atomic E-state index is 2.53. The van der Waals surface area contributed by atoms with Crippen LogP contribution in [0.5, 0.6) is 0 Å². The van der Waals surface area contributed by atoms with Crippen LogP contribution in [-0.2, 0) is 19.3 Å². The summed E-state index contributed by atoms with van der Waals surface area (Å²) in [6.45, 7) is 6.89. The Morgan fingerprint density at radius 2 is 0.730 bits per heavy atom. The lowest BCUT2D eigenvalue weighted by molar-refractivity contribution is 0.667. The molecule has 0 aliphatic rings. The molecule has 0 bridgehead atoms. The molecule has 1 heteroatoms. The molecule has 0 atom stereocenters. The highest BCUT2D eigenvalue weighted by atomic mass is 31.1. The SMILES string of the molecule is CCCCCCc1cccc(P(c2cccc(CCCCCC)c2)c2cccc(CCCCCC)c2)c1. The van der Waals surface area contributed by atoms with Crippen molar-refractivity contribution in [3.05, 3.63) is 89.5 Å². The summed E-state index contributed by atoms with van der Waals surface area (Å²) in [6.07, 6.45) is 19.5. The summed E-state index contributed by atoms with van der Waals surface area (Å²) >= 11 is 0. The Hall–Kier alpha value is -1.91. The molecule has 37 heavy (non-hydrogen) atoms. The van der Waals surface area contributed by atoms with E-state index in [0.29, 0.717) is 0 Å². The zero-order valence-electron chi connectivity index (χ0n) is 24.0. The maximum Gasteiger partial charge on any atom is -0.0134 e. The minimum Gasteiger partial charge on any atom is -0.0654 e. The molecular formula is C36H51P. The van der Waals surface area contributed by atoms with E-state index in [4.69, 9.17) is 0 Å². The fraction of sp³-hybridized carbons (Fsp3) is 0.500. The van der Waals surface area contributed by atoms with E-state index in [1.165, 1.54) is 129 Å². The van der Waals surface area contributed by atoms with Gasteiger partial charge in [0.25, 0.3) is 0 Å². The lowest BCUT2D eigenvalue weighted by Gasteiger charge is -2.22. The van der Waals surface area contributed by atoms with Crippen molar-refractivity contribution in [3.8, 4) is 0 Å². The minimum atomic E-state index is -0.560. The number of hydrogen-bond donors (Lipinski definition) is 0. The van der Waals surface area contributed by atoms with Gasteiger partial charge in [-0.05, 0) is 79.1 Å². The van der Waals surface area contributed by atoms with Crippen molar-refractivity contribution >= 4 is 23.8 Å². The lowest BCUT2D eigenvalue weighted by Crippen LogP contribution is -2.22. The standard InChI is InChI=1S/C36H51P/c1-4-7-10-13-19-31-22-16-25-34(28-31)37(35-26-17-23-32(29-35)20-14-11-8-5-2)36-27-18-24-33(30-36)21-15-12-9-6-3/h16-18,22-30H,4-15,19-21H2,1-3H3. The topological polar surface area (TPSA) is 0 Å². The molecule has 0 aromatic heterocycles. The van der Waals surface area contributed by atoms with E-state index in [-0.39, 0.29) is 0 Å². The van der Waals surface area contributed by atoms with E-state index < -0.39 is 7.92 Å². The smallest absolute Gasteiger partial charge is 0.0134 e. The van der Waals surface area contributed by atoms with Gasteiger partial charge < -0.3 is 0 Å². The third kappa shape index (κ3) is 10.4. The number of unbranched alkanes of at least 4 members (excludes halogenated alkanes) is 9. The van der Waals surface area contributed by atoms with Gasteiger partial charge in [-0.25, -0.2) is 0 Å². The zero-order valence-corrected chi connectivity index (χ0v) is 24.9. The van der Waals surface area contributed by atoms with Gasteiger partial charge in [0.05, 0.1) is 0 Å². The molecule has 3 rings (SSSR count). The average Bonchev–Trinajstić information content (AvgIpc) is 2.93. The largest absolute Gasteiger partial charge is 0.0654 e. The van der Waals surface area contributed by atoms with Crippen molar-refractivity contribution < 1.29 is 0 Å². The average molecular weight is 515 g/mol. The first-order valence-electron chi connectivity index (χ1n) is 15.3. The van der Waals surface area contributed by atoms with Crippen molar-refractivity contribution in [2.24, 2.45) is 0 Å².